The van der Waals surface area contributed by atoms with Gasteiger partial charge in [0.15, 0.2) is 0 Å². The van der Waals surface area contributed by atoms with Crippen LogP contribution < -0.4 is 0 Å². The van der Waals surface area contributed by atoms with Crippen LogP contribution in [0.5, 0.6) is 0 Å². The maximum atomic E-state index is 5.50. The molecule has 0 bridgehead atoms. The molecule has 0 saturated heterocycles. The van der Waals surface area contributed by atoms with Crippen molar-refractivity contribution in [3.8, 4) is 0 Å². The molecule has 50 valence electrons. The summed E-state index contributed by atoms with van der Waals surface area (Å²) in [7, 11) is 1.90. The van der Waals surface area contributed by atoms with Crippen LogP contribution in [0.2, 0.25) is 0 Å². The van der Waals surface area contributed by atoms with Gasteiger partial charge in [-0.05, 0) is 6.07 Å². The molecule has 0 aromatic carbocycles. The van der Waals surface area contributed by atoms with Crippen molar-refractivity contribution >= 4 is 11.6 Å². The van der Waals surface area contributed by atoms with Crippen LogP contribution in [-0.4, -0.2) is 15.7 Å². The highest BCUT2D eigenvalue weighted by atomic mass is 35.5. The van der Waals surface area contributed by atoms with Gasteiger partial charge in [0.1, 0.15) is 0 Å². The Morgan fingerprint density at radius 2 is 2.56 bits per heavy atom. The fraction of sp³-hybridized carbons (Fsp3) is 0.500. The van der Waals surface area contributed by atoms with Crippen LogP contribution in [0.3, 0.4) is 0 Å². The Balaban J connectivity index is 2.61. The summed E-state index contributed by atoms with van der Waals surface area (Å²) in [5.41, 5.74) is 1.06. The van der Waals surface area contributed by atoms with Gasteiger partial charge in [-0.15, -0.1) is 11.6 Å². The van der Waals surface area contributed by atoms with E-state index in [1.807, 2.05) is 19.3 Å². The Bertz CT molecular complexity index is 183. The van der Waals surface area contributed by atoms with E-state index in [0.717, 1.165) is 12.1 Å². The van der Waals surface area contributed by atoms with Gasteiger partial charge in [0.2, 0.25) is 0 Å². The van der Waals surface area contributed by atoms with Gasteiger partial charge >= 0.3 is 0 Å². The lowest BCUT2D eigenvalue weighted by Gasteiger charge is -1.86. The molecule has 0 saturated carbocycles. The van der Waals surface area contributed by atoms with Crippen molar-refractivity contribution in [2.45, 2.75) is 6.42 Å². The number of alkyl halides is 1. The second-order valence-electron chi connectivity index (χ2n) is 1.92. The summed E-state index contributed by atoms with van der Waals surface area (Å²) in [6.45, 7) is 0. The minimum atomic E-state index is 0.650. The third kappa shape index (κ3) is 1.72. The summed E-state index contributed by atoms with van der Waals surface area (Å²) < 4.78 is 1.78. The molecule has 0 spiro atoms. The largest absolute Gasteiger partial charge is 0.276 e. The number of hydrogen-bond acceptors (Lipinski definition) is 1. The van der Waals surface area contributed by atoms with Crippen LogP contribution in [-0.2, 0) is 13.5 Å². The zero-order valence-electron chi connectivity index (χ0n) is 5.34. The van der Waals surface area contributed by atoms with Crippen molar-refractivity contribution in [2.24, 2.45) is 7.05 Å². The maximum absolute atomic E-state index is 5.50. The third-order valence-electron chi connectivity index (χ3n) is 1.12. The number of rotatable bonds is 2. The SMILES string of the molecule is Cn1ccc(CCCl)n1. The van der Waals surface area contributed by atoms with Gasteiger partial charge in [-0.25, -0.2) is 0 Å². The molecular formula is C6H9ClN2. The van der Waals surface area contributed by atoms with E-state index in [2.05, 4.69) is 5.10 Å². The molecule has 0 aliphatic carbocycles. The number of halogens is 1. The summed E-state index contributed by atoms with van der Waals surface area (Å²) in [6.07, 6.45) is 2.78. The fourth-order valence-corrected chi connectivity index (χ4v) is 0.887. The Morgan fingerprint density at radius 1 is 1.78 bits per heavy atom. The summed E-state index contributed by atoms with van der Waals surface area (Å²) in [5, 5.41) is 4.13. The predicted octanol–water partition coefficient (Wildman–Crippen LogP) is 1.20. The van der Waals surface area contributed by atoms with Gasteiger partial charge in [0.25, 0.3) is 0 Å². The molecule has 1 aromatic rings. The third-order valence-corrected chi connectivity index (χ3v) is 1.31. The monoisotopic (exact) mass is 144 g/mol. The number of hydrogen-bond donors (Lipinski definition) is 0. The smallest absolute Gasteiger partial charge is 0.0636 e. The van der Waals surface area contributed by atoms with E-state index in [4.69, 9.17) is 11.6 Å². The first-order valence-corrected chi connectivity index (χ1v) is 3.41. The highest BCUT2D eigenvalue weighted by molar-refractivity contribution is 6.17. The number of aryl methyl sites for hydroxylation is 2. The standard InChI is InChI=1S/C6H9ClN2/c1-9-5-3-6(8-9)2-4-7/h3,5H,2,4H2,1H3. The summed E-state index contributed by atoms with van der Waals surface area (Å²) in [5.74, 6) is 0.650. The first kappa shape index (κ1) is 6.62. The van der Waals surface area contributed by atoms with E-state index in [9.17, 15) is 0 Å². The van der Waals surface area contributed by atoms with Gasteiger partial charge < -0.3 is 0 Å². The molecule has 0 aliphatic rings. The molecule has 0 aliphatic heterocycles. The summed E-state index contributed by atoms with van der Waals surface area (Å²) in [4.78, 5) is 0. The lowest BCUT2D eigenvalue weighted by molar-refractivity contribution is 0.746. The second-order valence-corrected chi connectivity index (χ2v) is 2.30. The van der Waals surface area contributed by atoms with Crippen molar-refractivity contribution in [2.75, 3.05) is 5.88 Å². The van der Waals surface area contributed by atoms with Gasteiger partial charge in [0.05, 0.1) is 5.69 Å². The Morgan fingerprint density at radius 3 is 3.00 bits per heavy atom. The molecular weight excluding hydrogens is 136 g/mol. The highest BCUT2D eigenvalue weighted by Crippen LogP contribution is 1.95. The predicted molar refractivity (Wildman–Crippen MR) is 37.6 cm³/mol. The first-order chi connectivity index (χ1) is 4.33. The Labute approximate surface area is 59.4 Å². The average Bonchev–Trinajstić information content (AvgIpc) is 2.17. The molecule has 1 aromatic heterocycles. The average molecular weight is 145 g/mol. The molecule has 0 radical (unpaired) electrons. The van der Waals surface area contributed by atoms with Crippen molar-refractivity contribution in [3.05, 3.63) is 18.0 Å². The quantitative estimate of drug-likeness (QED) is 0.571. The van der Waals surface area contributed by atoms with E-state index in [1.165, 1.54) is 0 Å². The number of nitrogens with zero attached hydrogens (tertiary/aromatic N) is 2. The molecule has 0 fully saturated rings. The fourth-order valence-electron chi connectivity index (χ4n) is 0.693. The van der Waals surface area contributed by atoms with Crippen molar-refractivity contribution in [1.29, 1.82) is 0 Å². The van der Waals surface area contributed by atoms with E-state index >= 15 is 0 Å². The van der Waals surface area contributed by atoms with E-state index in [1.54, 1.807) is 4.68 Å². The van der Waals surface area contributed by atoms with Crippen LogP contribution >= 0.6 is 11.6 Å². The maximum Gasteiger partial charge on any atom is 0.0636 e. The molecule has 2 nitrogen and oxygen atoms in total. The lowest BCUT2D eigenvalue weighted by atomic mass is 10.3. The second kappa shape index (κ2) is 2.87. The summed E-state index contributed by atoms with van der Waals surface area (Å²) in [6, 6.07) is 1.97. The van der Waals surface area contributed by atoms with Crippen LogP contribution in [0.15, 0.2) is 12.3 Å². The van der Waals surface area contributed by atoms with E-state index in [-0.39, 0.29) is 0 Å². The van der Waals surface area contributed by atoms with Crippen molar-refractivity contribution < 1.29 is 0 Å². The van der Waals surface area contributed by atoms with E-state index < -0.39 is 0 Å². The zero-order chi connectivity index (χ0) is 6.69. The summed E-state index contributed by atoms with van der Waals surface area (Å²) >= 11 is 5.50. The first-order valence-electron chi connectivity index (χ1n) is 2.87. The zero-order valence-corrected chi connectivity index (χ0v) is 6.10. The minimum Gasteiger partial charge on any atom is -0.276 e. The van der Waals surface area contributed by atoms with Crippen LogP contribution in [0.25, 0.3) is 0 Å². The molecule has 1 rings (SSSR count). The Kier molecular flexibility index (Phi) is 2.11. The molecule has 3 heteroatoms. The number of aromatic nitrogens is 2. The van der Waals surface area contributed by atoms with E-state index in [0.29, 0.717) is 5.88 Å². The van der Waals surface area contributed by atoms with Gasteiger partial charge in [-0.2, -0.15) is 5.10 Å². The van der Waals surface area contributed by atoms with Crippen LogP contribution in [0.1, 0.15) is 5.69 Å². The highest BCUT2D eigenvalue weighted by Gasteiger charge is 1.92. The Hall–Kier alpha value is -0.500. The normalized spacial score (nSPS) is 10.0. The van der Waals surface area contributed by atoms with Gasteiger partial charge in [-0.1, -0.05) is 0 Å². The van der Waals surface area contributed by atoms with Crippen LogP contribution in [0, 0.1) is 0 Å². The molecule has 0 N–H and O–H groups in total. The van der Waals surface area contributed by atoms with Crippen molar-refractivity contribution in [1.82, 2.24) is 9.78 Å². The molecule has 0 atom stereocenters. The molecule has 0 unspecified atom stereocenters. The van der Waals surface area contributed by atoms with Crippen molar-refractivity contribution in [3.63, 3.8) is 0 Å². The van der Waals surface area contributed by atoms with Gasteiger partial charge in [0, 0.05) is 25.5 Å². The lowest BCUT2D eigenvalue weighted by Crippen LogP contribution is -1.91. The topological polar surface area (TPSA) is 17.8 Å². The minimum absolute atomic E-state index is 0.650. The van der Waals surface area contributed by atoms with Gasteiger partial charge in [-0.3, -0.25) is 4.68 Å². The molecule has 9 heavy (non-hydrogen) atoms. The van der Waals surface area contributed by atoms with Crippen LogP contribution in [0.4, 0.5) is 0 Å². The molecule has 1 heterocycles. The molecule has 0 amide bonds.